The summed E-state index contributed by atoms with van der Waals surface area (Å²) >= 11 is 1.36. The maximum Gasteiger partial charge on any atom is 0.327 e. The summed E-state index contributed by atoms with van der Waals surface area (Å²) in [6.07, 6.45) is 0. The molecule has 1 aromatic rings. The molecule has 112 valence electrons. The summed E-state index contributed by atoms with van der Waals surface area (Å²) < 4.78 is 0. The molecule has 1 fully saturated rings. The first-order chi connectivity index (χ1) is 9.90. The van der Waals surface area contributed by atoms with Crippen molar-refractivity contribution >= 4 is 35.1 Å². The fourth-order valence-corrected chi connectivity index (χ4v) is 3.13. The molecule has 1 saturated heterocycles. The zero-order chi connectivity index (χ0) is 15.6. The van der Waals surface area contributed by atoms with E-state index in [2.05, 4.69) is 5.32 Å². The molecule has 2 rings (SSSR count). The lowest BCUT2D eigenvalue weighted by atomic mass is 10.2. The number of carboxylic acid groups (broad SMARTS) is 1. The fraction of sp³-hybridized carbons (Fsp3) is 0.333. The van der Waals surface area contributed by atoms with Crippen molar-refractivity contribution in [2.75, 3.05) is 16.9 Å². The lowest BCUT2D eigenvalue weighted by molar-refractivity contribution is -0.385. The van der Waals surface area contributed by atoms with E-state index in [0.717, 1.165) is 0 Å². The topological polar surface area (TPSA) is 113 Å². The smallest absolute Gasteiger partial charge is 0.327 e. The lowest BCUT2D eigenvalue weighted by Crippen LogP contribution is -2.43. The fourth-order valence-electron chi connectivity index (χ4n) is 1.98. The summed E-state index contributed by atoms with van der Waals surface area (Å²) in [6, 6.07) is 2.82. The molecule has 2 amide bonds. The molecule has 0 spiro atoms. The van der Waals surface area contributed by atoms with E-state index in [-0.39, 0.29) is 5.69 Å². The minimum atomic E-state index is -1.05. The number of nitrogens with zero attached hydrogens (tertiary/aromatic N) is 2. The third-order valence-corrected chi connectivity index (χ3v) is 4.09. The number of carboxylic acids is 1. The van der Waals surface area contributed by atoms with Gasteiger partial charge in [-0.25, -0.2) is 9.59 Å². The van der Waals surface area contributed by atoms with Crippen molar-refractivity contribution in [3.05, 3.63) is 33.9 Å². The third kappa shape index (κ3) is 3.24. The molecule has 0 saturated carbocycles. The van der Waals surface area contributed by atoms with Crippen LogP contribution in [0.3, 0.4) is 0 Å². The van der Waals surface area contributed by atoms with Crippen LogP contribution in [0.2, 0.25) is 0 Å². The molecule has 1 aliphatic rings. The van der Waals surface area contributed by atoms with Gasteiger partial charge in [0.2, 0.25) is 0 Å². The lowest BCUT2D eigenvalue weighted by Gasteiger charge is -2.21. The zero-order valence-corrected chi connectivity index (χ0v) is 11.9. The summed E-state index contributed by atoms with van der Waals surface area (Å²) in [5, 5.41) is 22.3. The van der Waals surface area contributed by atoms with Crippen molar-refractivity contribution in [1.82, 2.24) is 4.90 Å². The van der Waals surface area contributed by atoms with Gasteiger partial charge >= 0.3 is 12.0 Å². The molecular weight excluding hydrogens is 298 g/mol. The number of carbonyl (C=O) groups is 2. The second-order valence-electron chi connectivity index (χ2n) is 4.51. The molecule has 1 heterocycles. The van der Waals surface area contributed by atoms with Crippen molar-refractivity contribution in [2.24, 2.45) is 0 Å². The largest absolute Gasteiger partial charge is 0.480 e. The zero-order valence-electron chi connectivity index (χ0n) is 11.1. The van der Waals surface area contributed by atoms with Crippen LogP contribution in [-0.2, 0) is 4.79 Å². The molecule has 1 aliphatic heterocycles. The Hall–Kier alpha value is -2.29. The number of hydrogen-bond acceptors (Lipinski definition) is 5. The Labute approximate surface area is 124 Å². The summed E-state index contributed by atoms with van der Waals surface area (Å²) in [5.41, 5.74) is 0.778. The molecule has 0 radical (unpaired) electrons. The Morgan fingerprint density at radius 2 is 2.24 bits per heavy atom. The average molecular weight is 311 g/mol. The SMILES string of the molecule is Cc1cc(NC(=O)N2CSCC2C(=O)O)ccc1[N+](=O)[O-]. The van der Waals surface area contributed by atoms with E-state index in [0.29, 0.717) is 22.9 Å². The predicted molar refractivity (Wildman–Crippen MR) is 77.4 cm³/mol. The van der Waals surface area contributed by atoms with Gasteiger partial charge in [0, 0.05) is 23.1 Å². The van der Waals surface area contributed by atoms with Crippen LogP contribution in [0.25, 0.3) is 0 Å². The van der Waals surface area contributed by atoms with Crippen LogP contribution in [-0.4, -0.2) is 44.6 Å². The van der Waals surface area contributed by atoms with E-state index in [1.807, 2.05) is 0 Å². The molecule has 9 heteroatoms. The number of carbonyl (C=O) groups excluding carboxylic acids is 1. The first kappa shape index (κ1) is 15.1. The summed E-state index contributed by atoms with van der Waals surface area (Å²) in [5.74, 6) is -0.397. The number of thioether (sulfide) groups is 1. The maximum atomic E-state index is 12.1. The number of aryl methyl sites for hydroxylation is 1. The number of rotatable bonds is 3. The van der Waals surface area contributed by atoms with Crippen molar-refractivity contribution in [1.29, 1.82) is 0 Å². The number of amides is 2. The molecule has 8 nitrogen and oxygen atoms in total. The van der Waals surface area contributed by atoms with Gasteiger partial charge in [-0.3, -0.25) is 10.1 Å². The molecule has 0 bridgehead atoms. The molecule has 0 aromatic heterocycles. The highest BCUT2D eigenvalue weighted by Crippen LogP contribution is 2.24. The highest BCUT2D eigenvalue weighted by molar-refractivity contribution is 7.99. The van der Waals surface area contributed by atoms with Gasteiger partial charge in [-0.2, -0.15) is 0 Å². The van der Waals surface area contributed by atoms with E-state index in [1.54, 1.807) is 6.92 Å². The van der Waals surface area contributed by atoms with Crippen molar-refractivity contribution in [3.63, 3.8) is 0 Å². The van der Waals surface area contributed by atoms with Gasteiger partial charge < -0.3 is 15.3 Å². The van der Waals surface area contributed by atoms with Crippen LogP contribution in [0.1, 0.15) is 5.56 Å². The Kier molecular flexibility index (Phi) is 4.32. The number of aliphatic carboxylic acids is 1. The van der Waals surface area contributed by atoms with Crippen molar-refractivity contribution in [2.45, 2.75) is 13.0 Å². The number of nitrogens with one attached hydrogen (secondary N) is 1. The number of anilines is 1. The first-order valence-electron chi connectivity index (χ1n) is 6.03. The standard InChI is InChI=1S/C12H13N3O5S/c1-7-4-8(2-3-9(7)15(19)20)13-12(18)14-6-21-5-10(14)11(16)17/h2-4,10H,5-6H2,1H3,(H,13,18)(H,16,17). The number of benzene rings is 1. The quantitative estimate of drug-likeness (QED) is 0.651. The highest BCUT2D eigenvalue weighted by atomic mass is 32.2. The van der Waals surface area contributed by atoms with Gasteiger partial charge in [-0.15, -0.1) is 11.8 Å². The van der Waals surface area contributed by atoms with E-state index in [9.17, 15) is 19.7 Å². The van der Waals surface area contributed by atoms with E-state index >= 15 is 0 Å². The van der Waals surface area contributed by atoms with Crippen LogP contribution in [0, 0.1) is 17.0 Å². The number of urea groups is 1. The van der Waals surface area contributed by atoms with Gasteiger partial charge in [0.25, 0.3) is 5.69 Å². The minimum Gasteiger partial charge on any atom is -0.480 e. The Bertz CT molecular complexity index is 607. The van der Waals surface area contributed by atoms with Gasteiger partial charge in [-0.1, -0.05) is 0 Å². The third-order valence-electron chi connectivity index (χ3n) is 3.07. The van der Waals surface area contributed by atoms with Crippen molar-refractivity contribution < 1.29 is 19.6 Å². The molecular formula is C12H13N3O5S. The second-order valence-corrected chi connectivity index (χ2v) is 5.51. The summed E-state index contributed by atoms with van der Waals surface area (Å²) in [4.78, 5) is 34.5. The Balaban J connectivity index is 2.11. The van der Waals surface area contributed by atoms with Crippen LogP contribution in [0.5, 0.6) is 0 Å². The minimum absolute atomic E-state index is 0.0341. The Morgan fingerprint density at radius 3 is 2.81 bits per heavy atom. The first-order valence-corrected chi connectivity index (χ1v) is 7.19. The molecule has 0 aliphatic carbocycles. The summed E-state index contributed by atoms with van der Waals surface area (Å²) in [7, 11) is 0. The Morgan fingerprint density at radius 1 is 1.52 bits per heavy atom. The summed E-state index contributed by atoms with van der Waals surface area (Å²) in [6.45, 7) is 1.57. The van der Waals surface area contributed by atoms with Crippen LogP contribution in [0.15, 0.2) is 18.2 Å². The number of nitro benzene ring substituents is 1. The van der Waals surface area contributed by atoms with Gasteiger partial charge in [0.05, 0.1) is 10.8 Å². The normalized spacial score (nSPS) is 17.6. The predicted octanol–water partition coefficient (Wildman–Crippen LogP) is 1.89. The highest BCUT2D eigenvalue weighted by Gasteiger charge is 2.34. The van der Waals surface area contributed by atoms with Crippen molar-refractivity contribution in [3.8, 4) is 0 Å². The van der Waals surface area contributed by atoms with E-state index in [1.165, 1.54) is 34.9 Å². The van der Waals surface area contributed by atoms with E-state index in [4.69, 9.17) is 5.11 Å². The monoisotopic (exact) mass is 311 g/mol. The number of nitro groups is 1. The van der Waals surface area contributed by atoms with Gasteiger partial charge in [0.15, 0.2) is 0 Å². The number of hydrogen-bond donors (Lipinski definition) is 2. The molecule has 21 heavy (non-hydrogen) atoms. The van der Waals surface area contributed by atoms with Crippen LogP contribution in [0.4, 0.5) is 16.2 Å². The molecule has 1 atom stereocenters. The molecule has 2 N–H and O–H groups in total. The van der Waals surface area contributed by atoms with Crippen LogP contribution < -0.4 is 5.32 Å². The van der Waals surface area contributed by atoms with Gasteiger partial charge in [0.1, 0.15) is 6.04 Å². The average Bonchev–Trinajstić information content (AvgIpc) is 2.87. The van der Waals surface area contributed by atoms with Gasteiger partial charge in [-0.05, 0) is 19.1 Å². The second kappa shape index (κ2) is 6.00. The molecule has 1 unspecified atom stereocenters. The van der Waals surface area contributed by atoms with Crippen LogP contribution >= 0.6 is 11.8 Å². The molecule has 1 aromatic carbocycles. The van der Waals surface area contributed by atoms with E-state index < -0.39 is 23.0 Å². The maximum absolute atomic E-state index is 12.1.